The van der Waals surface area contributed by atoms with E-state index in [9.17, 15) is 4.79 Å². The van der Waals surface area contributed by atoms with Crippen LogP contribution in [0.3, 0.4) is 0 Å². The summed E-state index contributed by atoms with van der Waals surface area (Å²) in [6.07, 6.45) is -0.342. The third kappa shape index (κ3) is 3.38. The molecular weight excluding hydrogens is 288 g/mol. The van der Waals surface area contributed by atoms with E-state index in [1.165, 1.54) is 0 Å². The zero-order chi connectivity index (χ0) is 14.6. The second-order valence-corrected chi connectivity index (χ2v) is 6.19. The van der Waals surface area contributed by atoms with Crippen molar-refractivity contribution in [2.45, 2.75) is 17.1 Å². The summed E-state index contributed by atoms with van der Waals surface area (Å²) in [5, 5.41) is 0. The van der Waals surface area contributed by atoms with Crippen molar-refractivity contribution in [3.63, 3.8) is 0 Å². The maximum atomic E-state index is 12.3. The SMILES string of the molecule is CC(OC(=O)C(S)(S)c1ccccc1)c1ccccc1. The van der Waals surface area contributed by atoms with Gasteiger partial charge < -0.3 is 4.74 Å². The number of hydrogen-bond donors (Lipinski definition) is 2. The Labute approximate surface area is 130 Å². The van der Waals surface area contributed by atoms with Crippen LogP contribution in [-0.4, -0.2) is 5.97 Å². The summed E-state index contributed by atoms with van der Waals surface area (Å²) in [6, 6.07) is 18.7. The highest BCUT2D eigenvalue weighted by Crippen LogP contribution is 2.35. The van der Waals surface area contributed by atoms with E-state index in [1.54, 1.807) is 12.1 Å². The first-order valence-corrected chi connectivity index (χ1v) is 7.17. The Morgan fingerprint density at radius 2 is 1.50 bits per heavy atom. The fourth-order valence-corrected chi connectivity index (χ4v) is 2.23. The molecule has 0 aliphatic heterocycles. The third-order valence-corrected chi connectivity index (χ3v) is 3.90. The zero-order valence-electron chi connectivity index (χ0n) is 11.1. The van der Waals surface area contributed by atoms with E-state index < -0.39 is 10.0 Å². The van der Waals surface area contributed by atoms with Crippen LogP contribution in [0.1, 0.15) is 24.2 Å². The standard InChI is InChI=1S/C16H16O2S2/c1-12(13-8-4-2-5-9-13)18-15(17)16(19,20)14-10-6-3-7-11-14/h2-12,19-20H,1H3. The number of benzene rings is 2. The summed E-state index contributed by atoms with van der Waals surface area (Å²) in [5.41, 5.74) is 1.63. The molecule has 104 valence electrons. The zero-order valence-corrected chi connectivity index (χ0v) is 12.9. The number of thiol groups is 2. The Morgan fingerprint density at radius 3 is 2.05 bits per heavy atom. The minimum atomic E-state index is -1.26. The highest BCUT2D eigenvalue weighted by atomic mass is 32.2. The molecule has 1 unspecified atom stereocenters. The highest BCUT2D eigenvalue weighted by Gasteiger charge is 2.35. The fourth-order valence-electron chi connectivity index (χ4n) is 1.82. The van der Waals surface area contributed by atoms with Crippen LogP contribution >= 0.6 is 25.3 Å². The Morgan fingerprint density at radius 1 is 1.00 bits per heavy atom. The van der Waals surface area contributed by atoms with Crippen LogP contribution in [0, 0.1) is 0 Å². The van der Waals surface area contributed by atoms with Gasteiger partial charge in [-0.3, -0.25) is 0 Å². The summed E-state index contributed by atoms with van der Waals surface area (Å²) in [5.74, 6) is -0.480. The molecule has 0 spiro atoms. The van der Waals surface area contributed by atoms with Crippen molar-refractivity contribution in [2.24, 2.45) is 0 Å². The van der Waals surface area contributed by atoms with Crippen molar-refractivity contribution in [1.29, 1.82) is 0 Å². The van der Waals surface area contributed by atoms with Crippen molar-refractivity contribution < 1.29 is 9.53 Å². The second-order valence-electron chi connectivity index (χ2n) is 4.50. The molecule has 0 fully saturated rings. The quantitative estimate of drug-likeness (QED) is 0.507. The van der Waals surface area contributed by atoms with Gasteiger partial charge in [0.05, 0.1) is 0 Å². The van der Waals surface area contributed by atoms with Gasteiger partial charge in [-0.25, -0.2) is 4.79 Å². The van der Waals surface area contributed by atoms with Gasteiger partial charge in [0.15, 0.2) is 4.08 Å². The average Bonchev–Trinajstić information content (AvgIpc) is 2.49. The van der Waals surface area contributed by atoms with Crippen LogP contribution in [-0.2, 0) is 13.6 Å². The van der Waals surface area contributed by atoms with Crippen LogP contribution < -0.4 is 0 Å². The van der Waals surface area contributed by atoms with Crippen molar-refractivity contribution >= 4 is 31.2 Å². The number of hydrogen-bond acceptors (Lipinski definition) is 4. The van der Waals surface area contributed by atoms with E-state index in [-0.39, 0.29) is 6.10 Å². The molecule has 0 saturated carbocycles. The topological polar surface area (TPSA) is 26.3 Å². The number of esters is 1. The summed E-state index contributed by atoms with van der Waals surface area (Å²) in [4.78, 5) is 12.3. The maximum Gasteiger partial charge on any atom is 0.337 e. The van der Waals surface area contributed by atoms with Gasteiger partial charge in [-0.05, 0) is 18.1 Å². The Balaban J connectivity index is 2.12. The van der Waals surface area contributed by atoms with E-state index >= 15 is 0 Å². The molecule has 20 heavy (non-hydrogen) atoms. The number of ether oxygens (including phenoxy) is 1. The molecule has 4 heteroatoms. The second kappa shape index (κ2) is 6.37. The molecule has 0 heterocycles. The molecule has 0 bridgehead atoms. The minimum absolute atomic E-state index is 0.342. The maximum absolute atomic E-state index is 12.3. The predicted molar refractivity (Wildman–Crippen MR) is 87.0 cm³/mol. The van der Waals surface area contributed by atoms with Gasteiger partial charge in [-0.2, -0.15) is 0 Å². The van der Waals surface area contributed by atoms with E-state index in [4.69, 9.17) is 4.74 Å². The Kier molecular flexibility index (Phi) is 4.78. The van der Waals surface area contributed by atoms with Crippen LogP contribution in [0.4, 0.5) is 0 Å². The van der Waals surface area contributed by atoms with Gasteiger partial charge in [-0.15, -0.1) is 25.3 Å². The van der Waals surface area contributed by atoms with Crippen molar-refractivity contribution in [1.82, 2.24) is 0 Å². The lowest BCUT2D eigenvalue weighted by Gasteiger charge is -2.24. The first-order chi connectivity index (χ1) is 9.51. The van der Waals surface area contributed by atoms with Gasteiger partial charge in [0, 0.05) is 0 Å². The normalized spacial score (nSPS) is 12.8. The Hall–Kier alpha value is -1.39. The van der Waals surface area contributed by atoms with Crippen LogP contribution in [0.5, 0.6) is 0 Å². The first kappa shape index (κ1) is 15.0. The lowest BCUT2D eigenvalue weighted by molar-refractivity contribution is -0.149. The largest absolute Gasteiger partial charge is 0.456 e. The first-order valence-electron chi connectivity index (χ1n) is 6.28. The molecule has 1 atom stereocenters. The van der Waals surface area contributed by atoms with E-state index in [2.05, 4.69) is 25.3 Å². The predicted octanol–water partition coefficient (Wildman–Crippen LogP) is 4.00. The summed E-state index contributed by atoms with van der Waals surface area (Å²) >= 11 is 8.70. The molecule has 0 amide bonds. The van der Waals surface area contributed by atoms with Gasteiger partial charge >= 0.3 is 5.97 Å². The van der Waals surface area contributed by atoms with Gasteiger partial charge in [0.1, 0.15) is 6.10 Å². The fraction of sp³-hybridized carbons (Fsp3) is 0.188. The van der Waals surface area contributed by atoms with Crippen molar-refractivity contribution in [3.8, 4) is 0 Å². The van der Waals surface area contributed by atoms with Crippen LogP contribution in [0.25, 0.3) is 0 Å². The molecule has 2 aromatic rings. The number of carbonyl (C=O) groups is 1. The molecule has 0 radical (unpaired) electrons. The van der Waals surface area contributed by atoms with E-state index in [0.717, 1.165) is 5.56 Å². The highest BCUT2D eigenvalue weighted by molar-refractivity contribution is 8.01. The molecule has 0 aliphatic carbocycles. The molecule has 0 aromatic heterocycles. The molecule has 2 rings (SSSR count). The average molecular weight is 304 g/mol. The van der Waals surface area contributed by atoms with Gasteiger partial charge in [0.2, 0.25) is 0 Å². The molecule has 0 saturated heterocycles. The number of rotatable bonds is 4. The molecule has 0 aliphatic rings. The smallest absolute Gasteiger partial charge is 0.337 e. The molecule has 0 N–H and O–H groups in total. The van der Waals surface area contributed by atoms with Gasteiger partial charge in [-0.1, -0.05) is 60.7 Å². The molecular formula is C16H16O2S2. The lowest BCUT2D eigenvalue weighted by atomic mass is 10.1. The lowest BCUT2D eigenvalue weighted by Crippen LogP contribution is -2.27. The van der Waals surface area contributed by atoms with Crippen LogP contribution in [0.15, 0.2) is 60.7 Å². The third-order valence-electron chi connectivity index (χ3n) is 3.01. The summed E-state index contributed by atoms with van der Waals surface area (Å²) in [6.45, 7) is 1.83. The monoisotopic (exact) mass is 304 g/mol. The summed E-state index contributed by atoms with van der Waals surface area (Å²) in [7, 11) is 0. The molecule has 2 aromatic carbocycles. The Bertz CT molecular complexity index is 568. The number of carbonyl (C=O) groups excluding carboxylic acids is 1. The van der Waals surface area contributed by atoms with Crippen molar-refractivity contribution in [3.05, 3.63) is 71.8 Å². The molecule has 2 nitrogen and oxygen atoms in total. The van der Waals surface area contributed by atoms with E-state index in [1.807, 2.05) is 55.5 Å². The minimum Gasteiger partial charge on any atom is -0.456 e. The van der Waals surface area contributed by atoms with E-state index in [0.29, 0.717) is 5.56 Å². The van der Waals surface area contributed by atoms with Crippen LogP contribution in [0.2, 0.25) is 0 Å². The summed E-state index contributed by atoms with van der Waals surface area (Å²) < 4.78 is 4.20. The van der Waals surface area contributed by atoms with Crippen molar-refractivity contribution in [2.75, 3.05) is 0 Å². The van der Waals surface area contributed by atoms with Gasteiger partial charge in [0.25, 0.3) is 0 Å².